The van der Waals surface area contributed by atoms with E-state index >= 15 is 0 Å². The number of hydrogen-bond donors (Lipinski definition) is 3. The van der Waals surface area contributed by atoms with Crippen molar-refractivity contribution in [3.05, 3.63) is 48.5 Å². The van der Waals surface area contributed by atoms with Crippen molar-refractivity contribution in [2.75, 3.05) is 12.4 Å². The first kappa shape index (κ1) is 24.3. The summed E-state index contributed by atoms with van der Waals surface area (Å²) in [6.07, 6.45) is -0.836. The van der Waals surface area contributed by atoms with E-state index in [4.69, 9.17) is 4.18 Å². The van der Waals surface area contributed by atoms with E-state index in [2.05, 4.69) is 25.7 Å². The molecule has 170 valence electrons. The van der Waals surface area contributed by atoms with Crippen molar-refractivity contribution in [2.45, 2.75) is 25.2 Å². The molecule has 2 aromatic carbocycles. The van der Waals surface area contributed by atoms with Gasteiger partial charge in [-0.25, -0.2) is 9.79 Å². The van der Waals surface area contributed by atoms with Crippen LogP contribution in [0.5, 0.6) is 5.75 Å². The van der Waals surface area contributed by atoms with Crippen LogP contribution in [0.15, 0.2) is 58.4 Å². The van der Waals surface area contributed by atoms with Crippen molar-refractivity contribution in [3.8, 4) is 5.75 Å². The molecule has 0 bridgehead atoms. The number of carbonyl (C=O) groups excluding carboxylic acids is 3. The molecule has 2 aromatic rings. The summed E-state index contributed by atoms with van der Waals surface area (Å²) in [4.78, 5) is 38.8. The third kappa shape index (κ3) is 7.09. The van der Waals surface area contributed by atoms with Crippen molar-refractivity contribution < 1.29 is 31.7 Å². The summed E-state index contributed by atoms with van der Waals surface area (Å²) in [7, 11) is -3.14. The number of benzene rings is 2. The number of anilines is 1. The number of guanidine groups is 1. The second kappa shape index (κ2) is 10.9. The van der Waals surface area contributed by atoms with Crippen LogP contribution in [-0.4, -0.2) is 39.4 Å². The molecule has 0 saturated heterocycles. The summed E-state index contributed by atoms with van der Waals surface area (Å²) in [5.74, 6) is -1.14. The highest BCUT2D eigenvalue weighted by Gasteiger charge is 2.20. The number of amides is 3. The Hall–Kier alpha value is -3.93. The zero-order valence-corrected chi connectivity index (χ0v) is 18.4. The number of nitrogens with one attached hydrogen (secondary N) is 3. The fourth-order valence-electron chi connectivity index (χ4n) is 2.28. The lowest BCUT2D eigenvalue weighted by Crippen LogP contribution is -2.43. The molecule has 0 unspecified atom stereocenters. The summed E-state index contributed by atoms with van der Waals surface area (Å²) >= 11 is 0. The van der Waals surface area contributed by atoms with Crippen LogP contribution >= 0.6 is 0 Å². The number of ether oxygens (including phenoxy) is 1. The Morgan fingerprint density at radius 1 is 1.03 bits per heavy atom. The Morgan fingerprint density at radius 3 is 2.31 bits per heavy atom. The normalized spacial score (nSPS) is 11.3. The fourth-order valence-corrected chi connectivity index (χ4v) is 3.23. The highest BCUT2D eigenvalue weighted by Crippen LogP contribution is 2.30. The first-order valence-electron chi connectivity index (χ1n) is 9.29. The maximum Gasteiger partial charge on any atom is 0.413 e. The lowest BCUT2D eigenvalue weighted by Gasteiger charge is -2.13. The van der Waals surface area contributed by atoms with Gasteiger partial charge in [0.2, 0.25) is 17.8 Å². The lowest BCUT2D eigenvalue weighted by atomic mass is 10.2. The quantitative estimate of drug-likeness (QED) is 0.338. The number of rotatable bonds is 6. The van der Waals surface area contributed by atoms with Gasteiger partial charge in [0.05, 0.1) is 18.5 Å². The molecular formula is C20H22N4O7S. The molecule has 3 N–H and O–H groups in total. The van der Waals surface area contributed by atoms with Crippen LogP contribution in [0.4, 0.5) is 16.2 Å². The molecule has 3 amide bonds. The Kier molecular flexibility index (Phi) is 8.30. The minimum Gasteiger partial charge on any atom is -0.453 e. The first-order chi connectivity index (χ1) is 15.1. The molecule has 32 heavy (non-hydrogen) atoms. The van der Waals surface area contributed by atoms with Crippen LogP contribution in [-0.2, 0) is 24.4 Å². The average molecular weight is 462 g/mol. The molecule has 0 heterocycles. The van der Waals surface area contributed by atoms with E-state index in [1.165, 1.54) is 31.2 Å². The Labute approximate surface area is 184 Å². The van der Waals surface area contributed by atoms with Crippen molar-refractivity contribution in [1.82, 2.24) is 10.6 Å². The SMILES string of the molecule is CCC(=O)NC(=Nc1cc(S(=O)(=O)Oc2ccccc2)ccc1NC(C)=O)NC(=O)OC. The molecule has 0 spiro atoms. The number of alkyl carbamates (subject to hydrolysis) is 1. The van der Waals surface area contributed by atoms with Gasteiger partial charge < -0.3 is 14.2 Å². The minimum absolute atomic E-state index is 0.0688. The predicted molar refractivity (Wildman–Crippen MR) is 116 cm³/mol. The van der Waals surface area contributed by atoms with Gasteiger partial charge in [-0.1, -0.05) is 25.1 Å². The first-order valence-corrected chi connectivity index (χ1v) is 10.7. The number of nitrogens with zero attached hydrogens (tertiary/aromatic N) is 1. The highest BCUT2D eigenvalue weighted by atomic mass is 32.2. The number of methoxy groups -OCH3 is 1. The van der Waals surface area contributed by atoms with Gasteiger partial charge in [0, 0.05) is 13.3 Å². The van der Waals surface area contributed by atoms with Gasteiger partial charge in [-0.05, 0) is 30.3 Å². The van der Waals surface area contributed by atoms with E-state index in [1.807, 2.05) is 0 Å². The van der Waals surface area contributed by atoms with E-state index in [9.17, 15) is 22.8 Å². The zero-order valence-electron chi connectivity index (χ0n) is 17.5. The second-order valence-corrected chi connectivity index (χ2v) is 7.74. The van der Waals surface area contributed by atoms with Gasteiger partial charge in [-0.2, -0.15) is 8.42 Å². The van der Waals surface area contributed by atoms with Crippen LogP contribution < -0.4 is 20.1 Å². The van der Waals surface area contributed by atoms with Crippen LogP contribution in [0.25, 0.3) is 0 Å². The van der Waals surface area contributed by atoms with Crippen molar-refractivity contribution in [1.29, 1.82) is 0 Å². The summed E-state index contributed by atoms with van der Waals surface area (Å²) in [5, 5.41) is 7.09. The molecule has 0 radical (unpaired) electrons. The largest absolute Gasteiger partial charge is 0.453 e. The van der Waals surface area contributed by atoms with Crippen LogP contribution in [0.3, 0.4) is 0 Å². The van der Waals surface area contributed by atoms with Crippen molar-refractivity contribution >= 4 is 45.4 Å². The average Bonchev–Trinajstić information content (AvgIpc) is 2.74. The van der Waals surface area contributed by atoms with E-state index < -0.39 is 28.0 Å². The van der Waals surface area contributed by atoms with Crippen LogP contribution in [0.1, 0.15) is 20.3 Å². The molecule has 0 aliphatic carbocycles. The third-order valence-corrected chi connectivity index (χ3v) is 4.98. The van der Waals surface area contributed by atoms with Gasteiger partial charge >= 0.3 is 16.2 Å². The molecule has 2 rings (SSSR count). The molecule has 0 fully saturated rings. The number of carbonyl (C=O) groups is 3. The molecule has 0 saturated carbocycles. The number of hydrogen-bond acceptors (Lipinski definition) is 8. The van der Waals surface area contributed by atoms with Gasteiger partial charge in [0.25, 0.3) is 0 Å². The Balaban J connectivity index is 2.53. The fraction of sp³-hybridized carbons (Fsp3) is 0.200. The van der Waals surface area contributed by atoms with E-state index in [0.29, 0.717) is 0 Å². The van der Waals surface area contributed by atoms with Crippen LogP contribution in [0, 0.1) is 0 Å². The predicted octanol–water partition coefficient (Wildman–Crippen LogP) is 2.28. The van der Waals surface area contributed by atoms with Gasteiger partial charge in [0.15, 0.2) is 0 Å². The molecular weight excluding hydrogens is 440 g/mol. The molecule has 11 nitrogen and oxygen atoms in total. The van der Waals surface area contributed by atoms with Crippen LogP contribution in [0.2, 0.25) is 0 Å². The standard InChI is InChI=1S/C20H22N4O7S/c1-4-18(26)23-19(24-20(27)30-3)22-17-12-15(10-11-16(17)21-13(2)25)32(28,29)31-14-8-6-5-7-9-14/h5-12H,4H2,1-3H3,(H,21,25)(H2,22,23,24,26,27). The van der Waals surface area contributed by atoms with E-state index in [-0.39, 0.29) is 34.4 Å². The summed E-state index contributed by atoms with van der Waals surface area (Å²) in [5.41, 5.74) is 0.0619. The molecule has 0 aromatic heterocycles. The topological polar surface area (TPSA) is 152 Å². The lowest BCUT2D eigenvalue weighted by molar-refractivity contribution is -0.119. The minimum atomic E-state index is -4.25. The molecule has 12 heteroatoms. The van der Waals surface area contributed by atoms with Crippen molar-refractivity contribution in [3.63, 3.8) is 0 Å². The van der Waals surface area contributed by atoms with Crippen molar-refractivity contribution in [2.24, 2.45) is 4.99 Å². The molecule has 0 aliphatic rings. The second-order valence-electron chi connectivity index (χ2n) is 6.19. The maximum atomic E-state index is 12.7. The van der Waals surface area contributed by atoms with Gasteiger partial charge in [-0.15, -0.1) is 0 Å². The molecule has 0 atom stereocenters. The van der Waals surface area contributed by atoms with Gasteiger partial charge in [0.1, 0.15) is 10.6 Å². The summed E-state index contributed by atoms with van der Waals surface area (Å²) in [6.45, 7) is 2.84. The molecule has 0 aliphatic heterocycles. The summed E-state index contributed by atoms with van der Waals surface area (Å²) in [6, 6.07) is 11.5. The van der Waals surface area contributed by atoms with E-state index in [1.54, 1.807) is 25.1 Å². The number of para-hydroxylation sites is 1. The highest BCUT2D eigenvalue weighted by molar-refractivity contribution is 7.87. The van der Waals surface area contributed by atoms with E-state index in [0.717, 1.165) is 13.2 Å². The Morgan fingerprint density at radius 2 is 1.72 bits per heavy atom. The monoisotopic (exact) mass is 462 g/mol. The number of aliphatic imine (C=N–C) groups is 1. The zero-order chi connectivity index (χ0) is 23.7. The maximum absolute atomic E-state index is 12.7. The third-order valence-electron chi connectivity index (χ3n) is 3.73. The smallest absolute Gasteiger partial charge is 0.413 e. The Bertz CT molecular complexity index is 1110. The van der Waals surface area contributed by atoms with Gasteiger partial charge in [-0.3, -0.25) is 20.2 Å². The summed E-state index contributed by atoms with van der Waals surface area (Å²) < 4.78 is 35.0.